The van der Waals surface area contributed by atoms with Crippen molar-refractivity contribution in [2.45, 2.75) is 32.7 Å². The van der Waals surface area contributed by atoms with E-state index in [-0.39, 0.29) is 6.04 Å². The van der Waals surface area contributed by atoms with Crippen LogP contribution in [0.25, 0.3) is 11.4 Å². The standard InChI is InChI=1S/C16H21N3O/c1-4-14(17)8-12-9-18-16(19-10-12)13-5-6-15(20-3)11(2)7-13/h5-7,9-10,14H,4,8,17H2,1-3H3. The van der Waals surface area contributed by atoms with Gasteiger partial charge in [0.25, 0.3) is 0 Å². The fourth-order valence-electron chi connectivity index (χ4n) is 2.07. The van der Waals surface area contributed by atoms with E-state index in [0.29, 0.717) is 0 Å². The van der Waals surface area contributed by atoms with Gasteiger partial charge in [-0.25, -0.2) is 9.97 Å². The van der Waals surface area contributed by atoms with Crippen LogP contribution >= 0.6 is 0 Å². The Labute approximate surface area is 120 Å². The zero-order valence-corrected chi connectivity index (χ0v) is 12.3. The third-order valence-electron chi connectivity index (χ3n) is 3.38. The number of rotatable bonds is 5. The molecule has 1 heterocycles. The lowest BCUT2D eigenvalue weighted by molar-refractivity contribution is 0.412. The van der Waals surface area contributed by atoms with Gasteiger partial charge in [-0.2, -0.15) is 0 Å². The summed E-state index contributed by atoms with van der Waals surface area (Å²) < 4.78 is 5.26. The van der Waals surface area contributed by atoms with E-state index in [1.54, 1.807) is 7.11 Å². The van der Waals surface area contributed by atoms with Crippen molar-refractivity contribution in [3.05, 3.63) is 41.7 Å². The number of ether oxygens (including phenoxy) is 1. The molecule has 0 spiro atoms. The Kier molecular flexibility index (Phi) is 4.69. The molecular weight excluding hydrogens is 250 g/mol. The first-order chi connectivity index (χ1) is 9.63. The number of aryl methyl sites for hydroxylation is 1. The number of hydrogen-bond donors (Lipinski definition) is 1. The van der Waals surface area contributed by atoms with E-state index in [1.807, 2.05) is 37.5 Å². The molecule has 0 saturated heterocycles. The Hall–Kier alpha value is -1.94. The smallest absolute Gasteiger partial charge is 0.159 e. The van der Waals surface area contributed by atoms with Crippen LogP contribution in [0.1, 0.15) is 24.5 Å². The lowest BCUT2D eigenvalue weighted by Crippen LogP contribution is -2.21. The fourth-order valence-corrected chi connectivity index (χ4v) is 2.07. The van der Waals surface area contributed by atoms with Gasteiger partial charge < -0.3 is 10.5 Å². The molecule has 0 fully saturated rings. The molecule has 4 heteroatoms. The lowest BCUT2D eigenvalue weighted by atomic mass is 10.1. The van der Waals surface area contributed by atoms with Crippen LogP contribution in [-0.2, 0) is 6.42 Å². The van der Waals surface area contributed by atoms with E-state index < -0.39 is 0 Å². The van der Waals surface area contributed by atoms with Crippen LogP contribution in [0.5, 0.6) is 5.75 Å². The number of hydrogen-bond acceptors (Lipinski definition) is 4. The summed E-state index contributed by atoms with van der Waals surface area (Å²) >= 11 is 0. The molecule has 1 aromatic heterocycles. The number of methoxy groups -OCH3 is 1. The van der Waals surface area contributed by atoms with E-state index in [9.17, 15) is 0 Å². The Balaban J connectivity index is 2.19. The molecule has 2 N–H and O–H groups in total. The van der Waals surface area contributed by atoms with Crippen molar-refractivity contribution in [3.8, 4) is 17.1 Å². The Morgan fingerprint density at radius 3 is 2.50 bits per heavy atom. The van der Waals surface area contributed by atoms with E-state index >= 15 is 0 Å². The highest BCUT2D eigenvalue weighted by Gasteiger charge is 2.06. The predicted octanol–water partition coefficient (Wildman–Crippen LogP) is 2.74. The predicted molar refractivity (Wildman–Crippen MR) is 80.7 cm³/mol. The molecule has 2 rings (SSSR count). The first-order valence-electron chi connectivity index (χ1n) is 6.85. The molecular formula is C16H21N3O. The lowest BCUT2D eigenvalue weighted by Gasteiger charge is -2.09. The Morgan fingerprint density at radius 2 is 1.95 bits per heavy atom. The maximum atomic E-state index is 5.94. The van der Waals surface area contributed by atoms with Gasteiger partial charge in [-0.05, 0) is 49.1 Å². The average molecular weight is 271 g/mol. The molecule has 0 radical (unpaired) electrons. The van der Waals surface area contributed by atoms with Crippen LogP contribution < -0.4 is 10.5 Å². The first kappa shape index (κ1) is 14.5. The van der Waals surface area contributed by atoms with Crippen LogP contribution in [0.3, 0.4) is 0 Å². The van der Waals surface area contributed by atoms with Crippen molar-refractivity contribution in [3.63, 3.8) is 0 Å². The Morgan fingerprint density at radius 1 is 1.25 bits per heavy atom. The van der Waals surface area contributed by atoms with Crippen LogP contribution in [0.2, 0.25) is 0 Å². The first-order valence-corrected chi connectivity index (χ1v) is 6.85. The minimum absolute atomic E-state index is 0.174. The summed E-state index contributed by atoms with van der Waals surface area (Å²) in [5.41, 5.74) is 9.08. The summed E-state index contributed by atoms with van der Waals surface area (Å²) in [5.74, 6) is 1.60. The van der Waals surface area contributed by atoms with Crippen LogP contribution in [0.4, 0.5) is 0 Å². The van der Waals surface area contributed by atoms with Crippen molar-refractivity contribution in [1.29, 1.82) is 0 Å². The van der Waals surface area contributed by atoms with Crippen molar-refractivity contribution in [2.75, 3.05) is 7.11 Å². The monoisotopic (exact) mass is 271 g/mol. The minimum atomic E-state index is 0.174. The van der Waals surface area contributed by atoms with Crippen LogP contribution in [0.15, 0.2) is 30.6 Å². The van der Waals surface area contributed by atoms with Gasteiger partial charge in [0, 0.05) is 24.0 Å². The maximum absolute atomic E-state index is 5.94. The SMILES string of the molecule is CCC(N)Cc1cnc(-c2ccc(OC)c(C)c2)nc1. The molecule has 0 aliphatic carbocycles. The molecule has 1 atom stereocenters. The molecule has 0 saturated carbocycles. The van der Waals surface area contributed by atoms with Crippen molar-refractivity contribution in [1.82, 2.24) is 9.97 Å². The zero-order chi connectivity index (χ0) is 14.5. The van der Waals surface area contributed by atoms with Crippen LogP contribution in [0, 0.1) is 6.92 Å². The van der Waals surface area contributed by atoms with E-state index in [0.717, 1.165) is 41.1 Å². The highest BCUT2D eigenvalue weighted by atomic mass is 16.5. The summed E-state index contributed by atoms with van der Waals surface area (Å²) in [6, 6.07) is 6.12. The molecule has 2 aromatic rings. The van der Waals surface area contributed by atoms with Gasteiger partial charge in [0.1, 0.15) is 5.75 Å². The molecule has 0 amide bonds. The van der Waals surface area contributed by atoms with Gasteiger partial charge in [-0.15, -0.1) is 0 Å². The topological polar surface area (TPSA) is 61.0 Å². The summed E-state index contributed by atoms with van der Waals surface area (Å²) in [6.07, 6.45) is 5.49. The van der Waals surface area contributed by atoms with Gasteiger partial charge in [0.05, 0.1) is 7.11 Å². The van der Waals surface area contributed by atoms with E-state index in [4.69, 9.17) is 10.5 Å². The molecule has 106 valence electrons. The average Bonchev–Trinajstić information content (AvgIpc) is 2.47. The number of aromatic nitrogens is 2. The second-order valence-corrected chi connectivity index (χ2v) is 4.97. The van der Waals surface area contributed by atoms with Crippen LogP contribution in [-0.4, -0.2) is 23.1 Å². The summed E-state index contributed by atoms with van der Waals surface area (Å²) in [4.78, 5) is 8.85. The van der Waals surface area contributed by atoms with Gasteiger partial charge >= 0.3 is 0 Å². The number of nitrogens with two attached hydrogens (primary N) is 1. The summed E-state index contributed by atoms with van der Waals surface area (Å²) in [5, 5.41) is 0. The van der Waals surface area contributed by atoms with Crippen molar-refractivity contribution < 1.29 is 4.74 Å². The Bertz CT molecular complexity index is 566. The van der Waals surface area contributed by atoms with Crippen molar-refractivity contribution >= 4 is 0 Å². The quantitative estimate of drug-likeness (QED) is 0.908. The zero-order valence-electron chi connectivity index (χ0n) is 12.3. The minimum Gasteiger partial charge on any atom is -0.496 e. The van der Waals surface area contributed by atoms with E-state index in [2.05, 4.69) is 16.9 Å². The van der Waals surface area contributed by atoms with Gasteiger partial charge in [0.2, 0.25) is 0 Å². The molecule has 0 aliphatic rings. The van der Waals surface area contributed by atoms with Gasteiger partial charge in [-0.3, -0.25) is 0 Å². The molecule has 1 aromatic carbocycles. The summed E-state index contributed by atoms with van der Waals surface area (Å²) in [6.45, 7) is 4.09. The normalized spacial score (nSPS) is 12.2. The maximum Gasteiger partial charge on any atom is 0.159 e. The van der Waals surface area contributed by atoms with Gasteiger partial charge in [0.15, 0.2) is 5.82 Å². The summed E-state index contributed by atoms with van der Waals surface area (Å²) in [7, 11) is 1.67. The number of benzene rings is 1. The second-order valence-electron chi connectivity index (χ2n) is 4.97. The largest absolute Gasteiger partial charge is 0.496 e. The fraction of sp³-hybridized carbons (Fsp3) is 0.375. The second kappa shape index (κ2) is 6.48. The molecule has 0 aliphatic heterocycles. The molecule has 4 nitrogen and oxygen atoms in total. The van der Waals surface area contributed by atoms with E-state index in [1.165, 1.54) is 0 Å². The van der Waals surface area contributed by atoms with Gasteiger partial charge in [-0.1, -0.05) is 6.92 Å². The third-order valence-corrected chi connectivity index (χ3v) is 3.38. The molecule has 1 unspecified atom stereocenters. The highest BCUT2D eigenvalue weighted by molar-refractivity contribution is 5.58. The van der Waals surface area contributed by atoms with Crippen molar-refractivity contribution in [2.24, 2.45) is 5.73 Å². The number of nitrogens with zero attached hydrogens (tertiary/aromatic N) is 2. The third kappa shape index (κ3) is 3.33. The molecule has 0 bridgehead atoms. The highest BCUT2D eigenvalue weighted by Crippen LogP contribution is 2.23. The molecule has 20 heavy (non-hydrogen) atoms.